The van der Waals surface area contributed by atoms with Gasteiger partial charge in [0.15, 0.2) is 0 Å². The zero-order valence-corrected chi connectivity index (χ0v) is 9.81. The monoisotopic (exact) mass is 222 g/mol. The van der Waals surface area contributed by atoms with Crippen molar-refractivity contribution >= 4 is 11.8 Å². The molecule has 1 aromatic rings. The van der Waals surface area contributed by atoms with Crippen molar-refractivity contribution in [3.8, 4) is 0 Å². The SMILES string of the molecule is COCCN(c1nc(N)ncc1C)C1CC1. The van der Waals surface area contributed by atoms with Gasteiger partial charge in [0.25, 0.3) is 0 Å². The van der Waals surface area contributed by atoms with Crippen LogP contribution in [0.2, 0.25) is 0 Å². The summed E-state index contributed by atoms with van der Waals surface area (Å²) in [5.41, 5.74) is 6.70. The van der Waals surface area contributed by atoms with E-state index in [0.29, 0.717) is 18.6 Å². The molecule has 0 radical (unpaired) electrons. The second kappa shape index (κ2) is 4.65. The van der Waals surface area contributed by atoms with Crippen molar-refractivity contribution in [2.24, 2.45) is 0 Å². The summed E-state index contributed by atoms with van der Waals surface area (Å²) in [6, 6.07) is 0.600. The standard InChI is InChI=1S/C11H18N4O/c1-8-7-13-11(12)14-10(8)15(5-6-16-2)9-3-4-9/h7,9H,3-6H2,1-2H3,(H2,12,13,14). The summed E-state index contributed by atoms with van der Waals surface area (Å²) < 4.78 is 5.13. The molecule has 1 fully saturated rings. The van der Waals surface area contributed by atoms with Gasteiger partial charge in [0, 0.05) is 31.5 Å². The Morgan fingerprint density at radius 3 is 2.94 bits per heavy atom. The van der Waals surface area contributed by atoms with E-state index in [-0.39, 0.29) is 0 Å². The molecule has 5 nitrogen and oxygen atoms in total. The minimum Gasteiger partial charge on any atom is -0.383 e. The van der Waals surface area contributed by atoms with Crippen molar-refractivity contribution in [3.63, 3.8) is 0 Å². The summed E-state index contributed by atoms with van der Waals surface area (Å²) in [5, 5.41) is 0. The van der Waals surface area contributed by atoms with E-state index in [1.807, 2.05) is 6.92 Å². The molecule has 1 heterocycles. The van der Waals surface area contributed by atoms with Crippen molar-refractivity contribution in [2.75, 3.05) is 30.9 Å². The van der Waals surface area contributed by atoms with E-state index in [9.17, 15) is 0 Å². The molecule has 1 aliphatic rings. The summed E-state index contributed by atoms with van der Waals surface area (Å²) in [6.07, 6.45) is 4.24. The third kappa shape index (κ3) is 2.41. The maximum atomic E-state index is 5.63. The van der Waals surface area contributed by atoms with E-state index in [4.69, 9.17) is 10.5 Å². The number of methoxy groups -OCH3 is 1. The second-order valence-electron chi connectivity index (χ2n) is 4.15. The molecule has 1 aliphatic carbocycles. The van der Waals surface area contributed by atoms with Gasteiger partial charge in [-0.1, -0.05) is 0 Å². The number of nitrogens with zero attached hydrogens (tertiary/aromatic N) is 3. The minimum atomic E-state index is 0.337. The Hall–Kier alpha value is -1.36. The van der Waals surface area contributed by atoms with Crippen LogP contribution >= 0.6 is 0 Å². The van der Waals surface area contributed by atoms with E-state index >= 15 is 0 Å². The number of nitrogens with two attached hydrogens (primary N) is 1. The lowest BCUT2D eigenvalue weighted by molar-refractivity contribution is 0.204. The Balaban J connectivity index is 2.19. The average molecular weight is 222 g/mol. The second-order valence-corrected chi connectivity index (χ2v) is 4.15. The van der Waals surface area contributed by atoms with Gasteiger partial charge in [0.05, 0.1) is 6.61 Å². The summed E-state index contributed by atoms with van der Waals surface area (Å²) in [6.45, 7) is 3.58. The van der Waals surface area contributed by atoms with Crippen LogP contribution < -0.4 is 10.6 Å². The molecule has 0 aromatic carbocycles. The van der Waals surface area contributed by atoms with Crippen molar-refractivity contribution in [1.82, 2.24) is 9.97 Å². The molecule has 5 heteroatoms. The zero-order chi connectivity index (χ0) is 11.5. The van der Waals surface area contributed by atoms with E-state index < -0.39 is 0 Å². The third-order valence-corrected chi connectivity index (χ3v) is 2.76. The first-order valence-electron chi connectivity index (χ1n) is 5.57. The summed E-state index contributed by atoms with van der Waals surface area (Å²) in [5.74, 6) is 1.29. The predicted molar refractivity (Wildman–Crippen MR) is 63.4 cm³/mol. The third-order valence-electron chi connectivity index (χ3n) is 2.76. The highest BCUT2D eigenvalue weighted by Gasteiger charge is 2.30. The highest BCUT2D eigenvalue weighted by atomic mass is 16.5. The smallest absolute Gasteiger partial charge is 0.221 e. The highest BCUT2D eigenvalue weighted by Crippen LogP contribution is 2.31. The molecular weight excluding hydrogens is 204 g/mol. The predicted octanol–water partition coefficient (Wildman–Crippen LogP) is 0.982. The Morgan fingerprint density at radius 2 is 2.31 bits per heavy atom. The lowest BCUT2D eigenvalue weighted by Crippen LogP contribution is -2.31. The number of ether oxygens (including phenoxy) is 1. The van der Waals surface area contributed by atoms with Crippen LogP contribution in [0.25, 0.3) is 0 Å². The molecule has 0 aliphatic heterocycles. The highest BCUT2D eigenvalue weighted by molar-refractivity contribution is 5.49. The Bertz CT molecular complexity index is 365. The molecule has 1 aromatic heterocycles. The molecule has 0 atom stereocenters. The van der Waals surface area contributed by atoms with Gasteiger partial charge in [-0.2, -0.15) is 4.98 Å². The van der Waals surface area contributed by atoms with Crippen molar-refractivity contribution < 1.29 is 4.74 Å². The van der Waals surface area contributed by atoms with Gasteiger partial charge in [-0.3, -0.25) is 0 Å². The number of nitrogen functional groups attached to an aromatic ring is 1. The molecule has 0 bridgehead atoms. The normalized spacial score (nSPS) is 15.1. The number of aromatic nitrogens is 2. The molecule has 1 saturated carbocycles. The topological polar surface area (TPSA) is 64.3 Å². The Labute approximate surface area is 95.6 Å². The summed E-state index contributed by atoms with van der Waals surface area (Å²) in [7, 11) is 1.71. The van der Waals surface area contributed by atoms with Gasteiger partial charge in [-0.05, 0) is 19.8 Å². The van der Waals surface area contributed by atoms with Crippen LogP contribution in [0.3, 0.4) is 0 Å². The lowest BCUT2D eigenvalue weighted by atomic mass is 10.3. The van der Waals surface area contributed by atoms with Gasteiger partial charge < -0.3 is 15.4 Å². The van der Waals surface area contributed by atoms with Gasteiger partial charge >= 0.3 is 0 Å². The van der Waals surface area contributed by atoms with Gasteiger partial charge in [0.1, 0.15) is 5.82 Å². The van der Waals surface area contributed by atoms with Crippen LogP contribution in [-0.4, -0.2) is 36.3 Å². The van der Waals surface area contributed by atoms with E-state index in [2.05, 4.69) is 14.9 Å². The van der Waals surface area contributed by atoms with Crippen LogP contribution in [0.4, 0.5) is 11.8 Å². The first-order chi connectivity index (χ1) is 7.72. The van der Waals surface area contributed by atoms with Crippen LogP contribution in [-0.2, 0) is 4.74 Å². The Morgan fingerprint density at radius 1 is 1.56 bits per heavy atom. The van der Waals surface area contributed by atoms with E-state index in [1.54, 1.807) is 13.3 Å². The molecule has 0 spiro atoms. The van der Waals surface area contributed by atoms with Crippen LogP contribution in [0.5, 0.6) is 0 Å². The molecular formula is C11H18N4O. The Kier molecular flexibility index (Phi) is 3.24. The van der Waals surface area contributed by atoms with Crippen LogP contribution in [0, 0.1) is 6.92 Å². The molecule has 0 amide bonds. The number of aryl methyl sites for hydroxylation is 1. The first-order valence-corrected chi connectivity index (χ1v) is 5.57. The maximum Gasteiger partial charge on any atom is 0.221 e. The largest absolute Gasteiger partial charge is 0.383 e. The fourth-order valence-corrected chi connectivity index (χ4v) is 1.77. The number of hydrogen-bond acceptors (Lipinski definition) is 5. The maximum absolute atomic E-state index is 5.63. The number of hydrogen-bond donors (Lipinski definition) is 1. The van der Waals surface area contributed by atoms with Gasteiger partial charge in [0.2, 0.25) is 5.95 Å². The van der Waals surface area contributed by atoms with Gasteiger partial charge in [-0.15, -0.1) is 0 Å². The van der Waals surface area contributed by atoms with Crippen molar-refractivity contribution in [1.29, 1.82) is 0 Å². The quantitative estimate of drug-likeness (QED) is 0.804. The van der Waals surface area contributed by atoms with Crippen molar-refractivity contribution in [3.05, 3.63) is 11.8 Å². The molecule has 88 valence electrons. The van der Waals surface area contributed by atoms with Gasteiger partial charge in [-0.25, -0.2) is 4.98 Å². The zero-order valence-electron chi connectivity index (χ0n) is 9.81. The summed E-state index contributed by atoms with van der Waals surface area (Å²) in [4.78, 5) is 10.6. The number of anilines is 2. The average Bonchev–Trinajstić information content (AvgIpc) is 3.08. The lowest BCUT2D eigenvalue weighted by Gasteiger charge is -2.24. The van der Waals surface area contributed by atoms with Crippen LogP contribution in [0.15, 0.2) is 6.20 Å². The summed E-state index contributed by atoms with van der Waals surface area (Å²) >= 11 is 0. The molecule has 2 rings (SSSR count). The fraction of sp³-hybridized carbons (Fsp3) is 0.636. The number of rotatable bonds is 5. The molecule has 16 heavy (non-hydrogen) atoms. The van der Waals surface area contributed by atoms with Crippen molar-refractivity contribution in [2.45, 2.75) is 25.8 Å². The van der Waals surface area contributed by atoms with Crippen LogP contribution in [0.1, 0.15) is 18.4 Å². The fourth-order valence-electron chi connectivity index (χ4n) is 1.77. The molecule has 0 unspecified atom stereocenters. The molecule has 0 saturated heterocycles. The first kappa shape index (κ1) is 11.1. The van der Waals surface area contributed by atoms with E-state index in [0.717, 1.165) is 17.9 Å². The minimum absolute atomic E-state index is 0.337. The van der Waals surface area contributed by atoms with E-state index in [1.165, 1.54) is 12.8 Å². The molecule has 2 N–H and O–H groups in total.